The molecule has 0 aliphatic heterocycles. The molecular formula is C21H21N5O3. The van der Waals surface area contributed by atoms with Gasteiger partial charge in [-0.15, -0.1) is 4.91 Å². The highest BCUT2D eigenvalue weighted by atomic mass is 16.5. The van der Waals surface area contributed by atoms with Crippen LogP contribution >= 0.6 is 0 Å². The summed E-state index contributed by atoms with van der Waals surface area (Å²) >= 11 is 0. The van der Waals surface area contributed by atoms with Crippen LogP contribution in [0.15, 0.2) is 66.1 Å². The van der Waals surface area contributed by atoms with Gasteiger partial charge in [-0.1, -0.05) is 30.3 Å². The molecule has 148 valence electrons. The number of anilines is 2. The van der Waals surface area contributed by atoms with E-state index in [0.717, 1.165) is 11.1 Å². The first-order valence-electron chi connectivity index (χ1n) is 9.21. The average Bonchev–Trinajstić information content (AvgIpc) is 2.78. The topological polar surface area (TPSA) is 106 Å². The molecular weight excluding hydrogens is 370 g/mol. The molecule has 0 aliphatic carbocycles. The number of nitrogens with one attached hydrogen (secondary N) is 2. The third-order valence-corrected chi connectivity index (χ3v) is 4.07. The fourth-order valence-electron chi connectivity index (χ4n) is 2.71. The van der Waals surface area contributed by atoms with Crippen molar-refractivity contribution < 1.29 is 9.53 Å². The molecule has 0 saturated carbocycles. The lowest BCUT2D eigenvalue weighted by Crippen LogP contribution is -2.15. The molecule has 0 fully saturated rings. The lowest BCUT2D eigenvalue weighted by atomic mass is 10.0. The van der Waals surface area contributed by atoms with Gasteiger partial charge in [-0.25, -0.2) is 14.8 Å². The Hall–Kier alpha value is -3.81. The summed E-state index contributed by atoms with van der Waals surface area (Å²) in [6.45, 7) is 3.24. The Morgan fingerprint density at radius 1 is 1.00 bits per heavy atom. The number of carbonyl (C=O) groups is 1. The number of carbonyl (C=O) groups excluding carboxylic acids is 1. The fraction of sp³-hybridized carbons (Fsp3) is 0.190. The van der Waals surface area contributed by atoms with E-state index in [1.807, 2.05) is 36.4 Å². The lowest BCUT2D eigenvalue weighted by molar-refractivity contribution is 0.0527. The van der Waals surface area contributed by atoms with Gasteiger partial charge in [-0.3, -0.25) is 0 Å². The SMILES string of the molecule is CCOC(=O)c1cnc(NCCNc2ccc(N=O)cn2)cc1-c1ccccc1. The minimum Gasteiger partial charge on any atom is -0.462 e. The van der Waals surface area contributed by atoms with Gasteiger partial charge in [0.1, 0.15) is 17.3 Å². The molecule has 0 bridgehead atoms. The Labute approximate surface area is 168 Å². The van der Waals surface area contributed by atoms with Crippen LogP contribution in [0.3, 0.4) is 0 Å². The van der Waals surface area contributed by atoms with Crippen molar-refractivity contribution in [2.45, 2.75) is 6.92 Å². The number of nitrogens with zero attached hydrogens (tertiary/aromatic N) is 3. The summed E-state index contributed by atoms with van der Waals surface area (Å²) in [5.74, 6) is 0.897. The van der Waals surface area contributed by atoms with Gasteiger partial charge in [0.05, 0.1) is 18.4 Å². The second-order valence-electron chi connectivity index (χ2n) is 6.05. The third-order valence-electron chi connectivity index (χ3n) is 4.07. The smallest absolute Gasteiger partial charge is 0.340 e. The highest BCUT2D eigenvalue weighted by molar-refractivity contribution is 5.97. The normalized spacial score (nSPS) is 10.2. The zero-order valence-corrected chi connectivity index (χ0v) is 16.0. The molecule has 29 heavy (non-hydrogen) atoms. The van der Waals surface area contributed by atoms with Crippen molar-refractivity contribution in [3.63, 3.8) is 0 Å². The van der Waals surface area contributed by atoms with E-state index in [1.54, 1.807) is 19.1 Å². The summed E-state index contributed by atoms with van der Waals surface area (Å²) in [7, 11) is 0. The molecule has 0 spiro atoms. The molecule has 0 aliphatic rings. The Morgan fingerprint density at radius 3 is 2.38 bits per heavy atom. The van der Waals surface area contributed by atoms with Gasteiger partial charge in [0, 0.05) is 24.8 Å². The van der Waals surface area contributed by atoms with Gasteiger partial charge in [0.15, 0.2) is 0 Å². The first kappa shape index (κ1) is 19.9. The molecule has 1 aromatic carbocycles. The van der Waals surface area contributed by atoms with Crippen LogP contribution in [0, 0.1) is 4.91 Å². The van der Waals surface area contributed by atoms with Gasteiger partial charge in [0.2, 0.25) is 0 Å². The predicted octanol–water partition coefficient (Wildman–Crippen LogP) is 4.24. The minimum atomic E-state index is -0.397. The quantitative estimate of drug-likeness (QED) is 0.319. The fourth-order valence-corrected chi connectivity index (χ4v) is 2.71. The zero-order valence-electron chi connectivity index (χ0n) is 16.0. The Morgan fingerprint density at radius 2 is 1.72 bits per heavy atom. The van der Waals surface area contributed by atoms with Crippen molar-refractivity contribution in [2.24, 2.45) is 5.18 Å². The maximum atomic E-state index is 12.3. The summed E-state index contributed by atoms with van der Waals surface area (Å²) in [5, 5.41) is 9.18. The molecule has 0 amide bonds. The van der Waals surface area contributed by atoms with Crippen LogP contribution in [0.4, 0.5) is 17.3 Å². The Bertz CT molecular complexity index is 962. The number of nitroso groups, excluding NO2 is 1. The molecule has 8 nitrogen and oxygen atoms in total. The van der Waals surface area contributed by atoms with E-state index in [-0.39, 0.29) is 5.69 Å². The Kier molecular flexibility index (Phi) is 6.83. The first-order chi connectivity index (χ1) is 14.2. The van der Waals surface area contributed by atoms with Gasteiger partial charge in [-0.2, -0.15) is 0 Å². The van der Waals surface area contributed by atoms with Gasteiger partial charge >= 0.3 is 5.97 Å². The van der Waals surface area contributed by atoms with Crippen LogP contribution in [0.1, 0.15) is 17.3 Å². The van der Waals surface area contributed by atoms with Crippen LogP contribution in [-0.2, 0) is 4.74 Å². The molecule has 3 aromatic rings. The molecule has 0 saturated heterocycles. The number of esters is 1. The highest BCUT2D eigenvalue weighted by Gasteiger charge is 2.15. The molecule has 2 N–H and O–H groups in total. The average molecular weight is 391 g/mol. The molecule has 3 rings (SSSR count). The number of pyridine rings is 2. The zero-order chi connectivity index (χ0) is 20.5. The second kappa shape index (κ2) is 9.93. The van der Waals surface area contributed by atoms with E-state index in [9.17, 15) is 9.70 Å². The summed E-state index contributed by atoms with van der Waals surface area (Å²) in [5.41, 5.74) is 2.38. The van der Waals surface area contributed by atoms with Gasteiger partial charge in [-0.05, 0) is 35.9 Å². The summed E-state index contributed by atoms with van der Waals surface area (Å²) < 4.78 is 5.15. The van der Waals surface area contributed by atoms with Crippen molar-refractivity contribution in [3.05, 3.63) is 71.4 Å². The highest BCUT2D eigenvalue weighted by Crippen LogP contribution is 2.26. The summed E-state index contributed by atoms with van der Waals surface area (Å²) in [6, 6.07) is 14.8. The van der Waals surface area contributed by atoms with E-state index in [2.05, 4.69) is 25.8 Å². The largest absolute Gasteiger partial charge is 0.462 e. The molecule has 0 atom stereocenters. The van der Waals surface area contributed by atoms with E-state index in [1.165, 1.54) is 12.4 Å². The Balaban J connectivity index is 1.67. The van der Waals surface area contributed by atoms with Crippen LogP contribution in [0.2, 0.25) is 0 Å². The van der Waals surface area contributed by atoms with Gasteiger partial charge < -0.3 is 15.4 Å². The monoisotopic (exact) mass is 391 g/mol. The van der Waals surface area contributed by atoms with Gasteiger partial charge in [0.25, 0.3) is 0 Å². The number of hydrogen-bond acceptors (Lipinski definition) is 8. The van der Waals surface area contributed by atoms with Crippen molar-refractivity contribution in [2.75, 3.05) is 30.3 Å². The van der Waals surface area contributed by atoms with Crippen LogP contribution in [0.5, 0.6) is 0 Å². The van der Waals surface area contributed by atoms with Crippen molar-refractivity contribution in [3.8, 4) is 11.1 Å². The molecule has 0 unspecified atom stereocenters. The first-order valence-corrected chi connectivity index (χ1v) is 9.21. The van der Waals surface area contributed by atoms with Crippen molar-refractivity contribution in [1.82, 2.24) is 9.97 Å². The minimum absolute atomic E-state index is 0.285. The molecule has 2 heterocycles. The maximum Gasteiger partial charge on any atom is 0.340 e. The van der Waals surface area contributed by atoms with Crippen molar-refractivity contribution >= 4 is 23.3 Å². The number of benzene rings is 1. The number of hydrogen-bond donors (Lipinski definition) is 2. The lowest BCUT2D eigenvalue weighted by Gasteiger charge is -2.12. The van der Waals surface area contributed by atoms with E-state index in [4.69, 9.17) is 4.74 Å². The second-order valence-corrected chi connectivity index (χ2v) is 6.05. The third kappa shape index (κ3) is 5.35. The predicted molar refractivity (Wildman–Crippen MR) is 112 cm³/mol. The molecule has 2 aromatic heterocycles. The van der Waals surface area contributed by atoms with E-state index >= 15 is 0 Å². The molecule has 8 heteroatoms. The van der Waals surface area contributed by atoms with E-state index in [0.29, 0.717) is 36.9 Å². The number of aromatic nitrogens is 2. The standard InChI is InChI=1S/C21H21N5O3/c1-2-29-21(27)18-14-25-20(12-17(18)15-6-4-3-5-7-15)23-11-10-22-19-9-8-16(26-28)13-24-19/h3-9,12-14H,2,10-11H2,1H3,(H,22,24)(H,23,25). The number of rotatable bonds is 9. The van der Waals surface area contributed by atoms with Crippen LogP contribution < -0.4 is 10.6 Å². The molecule has 0 radical (unpaired) electrons. The van der Waals surface area contributed by atoms with Crippen LogP contribution in [-0.4, -0.2) is 35.6 Å². The van der Waals surface area contributed by atoms with Crippen molar-refractivity contribution in [1.29, 1.82) is 0 Å². The summed E-state index contributed by atoms with van der Waals surface area (Å²) in [6.07, 6.45) is 2.94. The summed E-state index contributed by atoms with van der Waals surface area (Å²) in [4.78, 5) is 31.1. The number of ether oxygens (including phenoxy) is 1. The van der Waals surface area contributed by atoms with E-state index < -0.39 is 5.97 Å². The van der Waals surface area contributed by atoms with Crippen LogP contribution in [0.25, 0.3) is 11.1 Å². The maximum absolute atomic E-state index is 12.3.